The van der Waals surface area contributed by atoms with Gasteiger partial charge in [-0.05, 0) is 12.3 Å². The van der Waals surface area contributed by atoms with E-state index < -0.39 is 0 Å². The minimum Gasteiger partial charge on any atom is -0.299 e. The summed E-state index contributed by atoms with van der Waals surface area (Å²) in [5.41, 5.74) is 0. The molecule has 0 radical (unpaired) electrons. The van der Waals surface area contributed by atoms with Crippen LogP contribution in [-0.2, 0) is 4.79 Å². The molecule has 1 saturated carbocycles. The molecule has 0 bridgehead atoms. The van der Waals surface area contributed by atoms with Crippen LogP contribution in [0.15, 0.2) is 12.2 Å². The van der Waals surface area contributed by atoms with Crippen LogP contribution in [0.2, 0.25) is 0 Å². The molecule has 1 fully saturated rings. The molecular formula is C7H8O. The zero-order chi connectivity index (χ0) is 5.56. The second kappa shape index (κ2) is 1.22. The van der Waals surface area contributed by atoms with Crippen molar-refractivity contribution < 1.29 is 4.79 Å². The van der Waals surface area contributed by atoms with Crippen molar-refractivity contribution in [2.45, 2.75) is 12.8 Å². The van der Waals surface area contributed by atoms with Gasteiger partial charge in [-0.3, -0.25) is 4.79 Å². The molecule has 2 aliphatic rings. The van der Waals surface area contributed by atoms with Crippen LogP contribution in [0, 0.1) is 11.8 Å². The van der Waals surface area contributed by atoms with E-state index >= 15 is 0 Å². The molecule has 2 rings (SSSR count). The Labute approximate surface area is 48.4 Å². The van der Waals surface area contributed by atoms with Gasteiger partial charge in [0.05, 0.1) is 0 Å². The van der Waals surface area contributed by atoms with Gasteiger partial charge >= 0.3 is 0 Å². The standard InChI is InChI=1S/C7H8O/c8-7-3-1-2-5-4-6(5)7/h1-2,5-6H,3-4H2. The lowest BCUT2D eigenvalue weighted by Crippen LogP contribution is -2.02. The number of hydrogen-bond acceptors (Lipinski definition) is 1. The lowest BCUT2D eigenvalue weighted by Gasteiger charge is -1.96. The largest absolute Gasteiger partial charge is 0.299 e. The zero-order valence-corrected chi connectivity index (χ0v) is 4.63. The maximum atomic E-state index is 10.8. The highest BCUT2D eigenvalue weighted by Crippen LogP contribution is 2.43. The molecule has 8 heavy (non-hydrogen) atoms. The average molecular weight is 108 g/mol. The third-order valence-corrected chi connectivity index (χ3v) is 1.96. The first kappa shape index (κ1) is 4.30. The van der Waals surface area contributed by atoms with Crippen LogP contribution < -0.4 is 0 Å². The van der Waals surface area contributed by atoms with Gasteiger partial charge in [0.25, 0.3) is 0 Å². The topological polar surface area (TPSA) is 17.1 Å². The highest BCUT2D eigenvalue weighted by molar-refractivity contribution is 5.86. The number of hydrogen-bond donors (Lipinski definition) is 0. The molecule has 1 heteroatoms. The lowest BCUT2D eigenvalue weighted by molar-refractivity contribution is -0.119. The van der Waals surface area contributed by atoms with Crippen molar-refractivity contribution in [2.24, 2.45) is 11.8 Å². The molecule has 0 aromatic heterocycles. The molecule has 0 aromatic rings. The van der Waals surface area contributed by atoms with E-state index in [2.05, 4.69) is 6.08 Å². The second-order valence-electron chi connectivity index (χ2n) is 2.60. The van der Waals surface area contributed by atoms with Gasteiger partial charge in [-0.25, -0.2) is 0 Å². The van der Waals surface area contributed by atoms with E-state index in [1.165, 1.54) is 0 Å². The van der Waals surface area contributed by atoms with Crippen molar-refractivity contribution in [1.29, 1.82) is 0 Å². The van der Waals surface area contributed by atoms with Gasteiger partial charge in [0.15, 0.2) is 0 Å². The zero-order valence-electron chi connectivity index (χ0n) is 4.63. The molecule has 2 unspecified atom stereocenters. The van der Waals surface area contributed by atoms with E-state index in [9.17, 15) is 4.79 Å². The van der Waals surface area contributed by atoms with Crippen molar-refractivity contribution in [3.8, 4) is 0 Å². The lowest BCUT2D eigenvalue weighted by atomic mass is 10.1. The molecule has 2 atom stereocenters. The summed E-state index contributed by atoms with van der Waals surface area (Å²) < 4.78 is 0. The summed E-state index contributed by atoms with van der Waals surface area (Å²) in [5.74, 6) is 1.55. The maximum Gasteiger partial charge on any atom is 0.140 e. The fraction of sp³-hybridized carbons (Fsp3) is 0.571. The summed E-state index contributed by atoms with van der Waals surface area (Å²) >= 11 is 0. The number of ketones is 1. The van der Waals surface area contributed by atoms with Crippen LogP contribution in [0.25, 0.3) is 0 Å². The summed E-state index contributed by atoms with van der Waals surface area (Å²) in [5, 5.41) is 0. The highest BCUT2D eigenvalue weighted by atomic mass is 16.1. The third-order valence-electron chi connectivity index (χ3n) is 1.96. The molecule has 42 valence electrons. The van der Waals surface area contributed by atoms with Gasteiger partial charge in [-0.15, -0.1) is 0 Å². The summed E-state index contributed by atoms with van der Waals surface area (Å²) in [4.78, 5) is 10.8. The molecule has 0 aromatic carbocycles. The first-order chi connectivity index (χ1) is 3.88. The number of fused-ring (bicyclic) bond motifs is 1. The summed E-state index contributed by atoms with van der Waals surface area (Å²) in [6.07, 6.45) is 6.00. The van der Waals surface area contributed by atoms with E-state index in [1.807, 2.05) is 6.08 Å². The number of carbonyl (C=O) groups is 1. The van der Waals surface area contributed by atoms with Gasteiger partial charge in [0.2, 0.25) is 0 Å². The molecule has 2 aliphatic carbocycles. The maximum absolute atomic E-state index is 10.8. The minimum atomic E-state index is 0.444. The van der Waals surface area contributed by atoms with Crippen molar-refractivity contribution in [3.63, 3.8) is 0 Å². The molecule has 0 saturated heterocycles. The number of carbonyl (C=O) groups excluding carboxylic acids is 1. The highest BCUT2D eigenvalue weighted by Gasteiger charge is 2.41. The Morgan fingerprint density at radius 3 is 3.12 bits per heavy atom. The van der Waals surface area contributed by atoms with Crippen molar-refractivity contribution >= 4 is 5.78 Å². The number of Topliss-reactive ketones (excluding diaryl/α,β-unsaturated/α-hetero) is 1. The summed E-state index contributed by atoms with van der Waals surface area (Å²) in [6.45, 7) is 0. The number of rotatable bonds is 0. The van der Waals surface area contributed by atoms with Crippen LogP contribution in [0.3, 0.4) is 0 Å². The molecule has 0 aliphatic heterocycles. The van der Waals surface area contributed by atoms with Crippen LogP contribution in [0.1, 0.15) is 12.8 Å². The van der Waals surface area contributed by atoms with E-state index in [1.54, 1.807) is 0 Å². The van der Waals surface area contributed by atoms with Gasteiger partial charge in [0.1, 0.15) is 5.78 Å². The summed E-state index contributed by atoms with van der Waals surface area (Å²) in [7, 11) is 0. The molecule has 1 nitrogen and oxygen atoms in total. The Morgan fingerprint density at radius 1 is 1.62 bits per heavy atom. The molecule has 0 heterocycles. The Kier molecular flexibility index (Phi) is 0.655. The Morgan fingerprint density at radius 2 is 2.50 bits per heavy atom. The van der Waals surface area contributed by atoms with Gasteiger partial charge in [0, 0.05) is 12.3 Å². The normalized spacial score (nSPS) is 41.8. The molecular weight excluding hydrogens is 100 g/mol. The second-order valence-corrected chi connectivity index (χ2v) is 2.60. The van der Waals surface area contributed by atoms with Crippen LogP contribution in [-0.4, -0.2) is 5.78 Å². The van der Waals surface area contributed by atoms with E-state index in [4.69, 9.17) is 0 Å². The average Bonchev–Trinajstić information content (AvgIpc) is 2.45. The van der Waals surface area contributed by atoms with Gasteiger partial charge in [-0.1, -0.05) is 12.2 Å². The Hall–Kier alpha value is -0.590. The monoisotopic (exact) mass is 108 g/mol. The Balaban J connectivity index is 2.25. The predicted molar refractivity (Wildman–Crippen MR) is 30.4 cm³/mol. The van der Waals surface area contributed by atoms with Crippen LogP contribution in [0.4, 0.5) is 0 Å². The number of allylic oxidation sites excluding steroid dienone is 2. The fourth-order valence-electron chi connectivity index (χ4n) is 1.31. The predicted octanol–water partition coefficient (Wildman–Crippen LogP) is 1.15. The van der Waals surface area contributed by atoms with Crippen molar-refractivity contribution in [3.05, 3.63) is 12.2 Å². The quantitative estimate of drug-likeness (QED) is 0.425. The van der Waals surface area contributed by atoms with Crippen LogP contribution >= 0.6 is 0 Å². The molecule has 0 N–H and O–H groups in total. The molecule has 0 spiro atoms. The fourth-order valence-corrected chi connectivity index (χ4v) is 1.31. The smallest absolute Gasteiger partial charge is 0.140 e. The summed E-state index contributed by atoms with van der Waals surface area (Å²) in [6, 6.07) is 0. The third kappa shape index (κ3) is 0.443. The first-order valence-corrected chi connectivity index (χ1v) is 3.07. The first-order valence-electron chi connectivity index (χ1n) is 3.07. The van der Waals surface area contributed by atoms with Gasteiger partial charge < -0.3 is 0 Å². The van der Waals surface area contributed by atoms with Crippen molar-refractivity contribution in [1.82, 2.24) is 0 Å². The van der Waals surface area contributed by atoms with E-state index in [0.29, 0.717) is 24.0 Å². The van der Waals surface area contributed by atoms with E-state index in [0.717, 1.165) is 6.42 Å². The van der Waals surface area contributed by atoms with Crippen LogP contribution in [0.5, 0.6) is 0 Å². The van der Waals surface area contributed by atoms with E-state index in [-0.39, 0.29) is 0 Å². The van der Waals surface area contributed by atoms with Gasteiger partial charge in [-0.2, -0.15) is 0 Å². The van der Waals surface area contributed by atoms with Crippen molar-refractivity contribution in [2.75, 3.05) is 0 Å². The SMILES string of the molecule is O=C1CC=CC2CC12. The Bertz CT molecular complexity index is 158. The molecule has 0 amide bonds. The minimum absolute atomic E-state index is 0.444.